The minimum Gasteiger partial charge on any atom is -0.496 e. The lowest BCUT2D eigenvalue weighted by atomic mass is 10.0. The average molecular weight is 251 g/mol. The highest BCUT2D eigenvalue weighted by molar-refractivity contribution is 5.78. The Kier molecular flexibility index (Phi) is 5.16. The first-order chi connectivity index (χ1) is 8.54. The smallest absolute Gasteiger partial charge is 0.327 e. The summed E-state index contributed by atoms with van der Waals surface area (Å²) in [4.78, 5) is 11.8. The lowest BCUT2D eigenvalue weighted by Crippen LogP contribution is -2.27. The van der Waals surface area contributed by atoms with Crippen molar-refractivity contribution < 1.29 is 14.3 Å². The molecule has 0 bridgehead atoms. The topological polar surface area (TPSA) is 47.6 Å². The van der Waals surface area contributed by atoms with Gasteiger partial charge in [0.25, 0.3) is 0 Å². The minimum atomic E-state index is -0.437. The molecule has 0 amide bonds. The summed E-state index contributed by atoms with van der Waals surface area (Å²) < 4.78 is 10.4. The molecule has 0 aromatic heterocycles. The van der Waals surface area contributed by atoms with Crippen molar-refractivity contribution in [2.75, 3.05) is 20.8 Å². The van der Waals surface area contributed by atoms with E-state index in [0.29, 0.717) is 6.61 Å². The Balaban J connectivity index is 3.11. The normalized spacial score (nSPS) is 12.1. The van der Waals surface area contributed by atoms with Crippen LogP contribution in [-0.2, 0) is 9.53 Å². The van der Waals surface area contributed by atoms with Crippen molar-refractivity contribution in [3.8, 4) is 5.75 Å². The molecule has 100 valence electrons. The van der Waals surface area contributed by atoms with Gasteiger partial charge in [-0.15, -0.1) is 0 Å². The van der Waals surface area contributed by atoms with E-state index in [1.54, 1.807) is 21.1 Å². The second-order valence-electron chi connectivity index (χ2n) is 4.16. The molecule has 0 aliphatic carbocycles. The zero-order valence-electron chi connectivity index (χ0n) is 11.7. The van der Waals surface area contributed by atoms with Crippen molar-refractivity contribution >= 4 is 5.97 Å². The highest BCUT2D eigenvalue weighted by atomic mass is 16.5. The molecule has 1 unspecified atom stereocenters. The van der Waals surface area contributed by atoms with E-state index in [2.05, 4.69) is 5.32 Å². The molecule has 1 rings (SSSR count). The molecule has 1 aromatic rings. The third kappa shape index (κ3) is 3.01. The van der Waals surface area contributed by atoms with Gasteiger partial charge in [-0.2, -0.15) is 0 Å². The van der Waals surface area contributed by atoms with Gasteiger partial charge in [0.05, 0.1) is 13.7 Å². The van der Waals surface area contributed by atoms with Crippen LogP contribution in [0.5, 0.6) is 5.75 Å². The summed E-state index contributed by atoms with van der Waals surface area (Å²) in [5.74, 6) is 0.599. The fourth-order valence-corrected chi connectivity index (χ4v) is 2.12. The van der Waals surface area contributed by atoms with Crippen LogP contribution in [0.25, 0.3) is 0 Å². The molecule has 0 fully saturated rings. The number of nitrogens with one attached hydrogen (secondary N) is 1. The van der Waals surface area contributed by atoms with Gasteiger partial charge >= 0.3 is 5.97 Å². The monoisotopic (exact) mass is 251 g/mol. The molecule has 0 heterocycles. The molecule has 0 radical (unpaired) electrons. The number of ether oxygens (including phenoxy) is 2. The van der Waals surface area contributed by atoms with Crippen LogP contribution in [0.15, 0.2) is 12.1 Å². The Morgan fingerprint density at radius 1 is 1.33 bits per heavy atom. The van der Waals surface area contributed by atoms with Crippen molar-refractivity contribution in [1.82, 2.24) is 5.32 Å². The van der Waals surface area contributed by atoms with E-state index in [4.69, 9.17) is 9.47 Å². The lowest BCUT2D eigenvalue weighted by molar-refractivity contribution is -0.145. The van der Waals surface area contributed by atoms with Crippen LogP contribution in [-0.4, -0.2) is 26.7 Å². The number of likely N-dealkylation sites (N-methyl/N-ethyl adjacent to an activating group) is 1. The first kappa shape index (κ1) is 14.5. The lowest BCUT2D eigenvalue weighted by Gasteiger charge is -2.18. The van der Waals surface area contributed by atoms with Crippen LogP contribution in [0.4, 0.5) is 0 Å². The Bertz CT molecular complexity index is 406. The summed E-state index contributed by atoms with van der Waals surface area (Å²) in [6.07, 6.45) is 0. The van der Waals surface area contributed by atoms with E-state index >= 15 is 0 Å². The molecular formula is C14H21NO3. The standard InChI is InChI=1S/C14H21NO3/c1-6-18-14(16)12(15-4)11-7-9(2)13(17-5)10(3)8-11/h7-8,12,15H,6H2,1-5H3. The van der Waals surface area contributed by atoms with E-state index in [1.165, 1.54) is 0 Å². The molecule has 1 atom stereocenters. The number of carbonyl (C=O) groups is 1. The third-order valence-corrected chi connectivity index (χ3v) is 2.83. The van der Waals surface area contributed by atoms with Crippen LogP contribution >= 0.6 is 0 Å². The molecule has 0 saturated carbocycles. The van der Waals surface area contributed by atoms with Crippen LogP contribution < -0.4 is 10.1 Å². The largest absolute Gasteiger partial charge is 0.496 e. The number of hydrogen-bond acceptors (Lipinski definition) is 4. The van der Waals surface area contributed by atoms with Gasteiger partial charge in [-0.3, -0.25) is 0 Å². The molecule has 0 saturated heterocycles. The van der Waals surface area contributed by atoms with E-state index in [9.17, 15) is 4.79 Å². The first-order valence-electron chi connectivity index (χ1n) is 6.04. The molecular weight excluding hydrogens is 230 g/mol. The van der Waals surface area contributed by atoms with Crippen LogP contribution in [0.3, 0.4) is 0 Å². The molecule has 4 heteroatoms. The van der Waals surface area contributed by atoms with Gasteiger partial charge < -0.3 is 14.8 Å². The summed E-state index contributed by atoms with van der Waals surface area (Å²) in [6, 6.07) is 3.46. The highest BCUT2D eigenvalue weighted by Crippen LogP contribution is 2.27. The maximum absolute atomic E-state index is 11.8. The summed E-state index contributed by atoms with van der Waals surface area (Å²) in [5, 5.41) is 2.98. The van der Waals surface area contributed by atoms with Gasteiger partial charge in [-0.25, -0.2) is 4.79 Å². The van der Waals surface area contributed by atoms with Crippen molar-refractivity contribution in [2.45, 2.75) is 26.8 Å². The predicted molar refractivity (Wildman–Crippen MR) is 70.9 cm³/mol. The fraction of sp³-hybridized carbons (Fsp3) is 0.500. The van der Waals surface area contributed by atoms with Crippen molar-refractivity contribution in [3.63, 3.8) is 0 Å². The van der Waals surface area contributed by atoms with E-state index < -0.39 is 6.04 Å². The van der Waals surface area contributed by atoms with Gasteiger partial charge in [0.15, 0.2) is 0 Å². The van der Waals surface area contributed by atoms with Gasteiger partial charge in [-0.1, -0.05) is 12.1 Å². The van der Waals surface area contributed by atoms with E-state index in [0.717, 1.165) is 22.4 Å². The molecule has 4 nitrogen and oxygen atoms in total. The zero-order chi connectivity index (χ0) is 13.7. The van der Waals surface area contributed by atoms with Crippen LogP contribution in [0.1, 0.15) is 29.7 Å². The highest BCUT2D eigenvalue weighted by Gasteiger charge is 2.21. The number of methoxy groups -OCH3 is 1. The predicted octanol–water partition coefficient (Wildman–Crippen LogP) is 2.14. The minimum absolute atomic E-state index is 0.260. The molecule has 0 aliphatic heterocycles. The number of hydrogen-bond donors (Lipinski definition) is 1. The maximum Gasteiger partial charge on any atom is 0.327 e. The number of carbonyl (C=O) groups excluding carboxylic acids is 1. The van der Waals surface area contributed by atoms with Gasteiger partial charge in [-0.05, 0) is 44.5 Å². The quantitative estimate of drug-likeness (QED) is 0.814. The SMILES string of the molecule is CCOC(=O)C(NC)c1cc(C)c(OC)c(C)c1. The van der Waals surface area contributed by atoms with E-state index in [-0.39, 0.29) is 5.97 Å². The molecule has 1 N–H and O–H groups in total. The van der Waals surface area contributed by atoms with Gasteiger partial charge in [0.2, 0.25) is 0 Å². The summed E-state index contributed by atoms with van der Waals surface area (Å²) in [5.41, 5.74) is 2.92. The third-order valence-electron chi connectivity index (χ3n) is 2.83. The number of esters is 1. The summed E-state index contributed by atoms with van der Waals surface area (Å²) in [7, 11) is 3.40. The van der Waals surface area contributed by atoms with E-state index in [1.807, 2.05) is 26.0 Å². The van der Waals surface area contributed by atoms with Crippen LogP contribution in [0.2, 0.25) is 0 Å². The fourth-order valence-electron chi connectivity index (χ4n) is 2.12. The second-order valence-corrected chi connectivity index (χ2v) is 4.16. The molecule has 18 heavy (non-hydrogen) atoms. The van der Waals surface area contributed by atoms with Crippen molar-refractivity contribution in [3.05, 3.63) is 28.8 Å². The number of aryl methyl sites for hydroxylation is 2. The molecule has 1 aromatic carbocycles. The Hall–Kier alpha value is -1.55. The Morgan fingerprint density at radius 2 is 1.89 bits per heavy atom. The summed E-state index contributed by atoms with van der Waals surface area (Å²) >= 11 is 0. The van der Waals surface area contributed by atoms with Crippen molar-refractivity contribution in [1.29, 1.82) is 0 Å². The number of benzene rings is 1. The molecule has 0 spiro atoms. The van der Waals surface area contributed by atoms with Crippen LogP contribution in [0, 0.1) is 13.8 Å². The maximum atomic E-state index is 11.8. The number of rotatable bonds is 5. The van der Waals surface area contributed by atoms with Gasteiger partial charge in [0.1, 0.15) is 11.8 Å². The average Bonchev–Trinajstić information content (AvgIpc) is 2.30. The van der Waals surface area contributed by atoms with Gasteiger partial charge in [0, 0.05) is 0 Å². The Labute approximate surface area is 108 Å². The second kappa shape index (κ2) is 6.40. The van der Waals surface area contributed by atoms with Crippen molar-refractivity contribution in [2.24, 2.45) is 0 Å². The summed E-state index contributed by atoms with van der Waals surface area (Å²) in [6.45, 7) is 6.11. The zero-order valence-corrected chi connectivity index (χ0v) is 11.7. The molecule has 0 aliphatic rings. The Morgan fingerprint density at radius 3 is 2.28 bits per heavy atom. The first-order valence-corrected chi connectivity index (χ1v) is 6.04.